The molecule has 1 unspecified atom stereocenters. The first-order chi connectivity index (χ1) is 5.68. The van der Waals surface area contributed by atoms with Gasteiger partial charge >= 0.3 is 0 Å². The second-order valence-electron chi connectivity index (χ2n) is 2.93. The Morgan fingerprint density at radius 2 is 2.42 bits per heavy atom. The maximum absolute atomic E-state index is 11.7. The van der Waals surface area contributed by atoms with Gasteiger partial charge in [-0.05, 0) is 13.0 Å². The van der Waals surface area contributed by atoms with Crippen LogP contribution in [0.15, 0.2) is 12.2 Å². The molecule has 1 atom stereocenters. The SMILES string of the molecule is CC1CN(CC=C(F)F)CCO1. The molecule has 0 aromatic carbocycles. The average Bonchev–Trinajstić information content (AvgIpc) is 2.01. The minimum Gasteiger partial charge on any atom is -0.376 e. The quantitative estimate of drug-likeness (QED) is 0.633. The molecule has 0 aliphatic carbocycles. The maximum Gasteiger partial charge on any atom is 0.267 e. The molecular weight excluding hydrogens is 164 g/mol. The maximum atomic E-state index is 11.7. The van der Waals surface area contributed by atoms with E-state index in [9.17, 15) is 8.78 Å². The summed E-state index contributed by atoms with van der Waals surface area (Å²) in [5.74, 6) is 0. The van der Waals surface area contributed by atoms with Crippen LogP contribution in [0.3, 0.4) is 0 Å². The number of hydrogen-bond acceptors (Lipinski definition) is 2. The summed E-state index contributed by atoms with van der Waals surface area (Å²) >= 11 is 0. The molecule has 70 valence electrons. The Morgan fingerprint density at radius 1 is 1.67 bits per heavy atom. The van der Waals surface area contributed by atoms with Crippen molar-refractivity contribution in [3.63, 3.8) is 0 Å². The van der Waals surface area contributed by atoms with Crippen molar-refractivity contribution in [2.45, 2.75) is 13.0 Å². The summed E-state index contributed by atoms with van der Waals surface area (Å²) in [5, 5.41) is 0. The van der Waals surface area contributed by atoms with Crippen molar-refractivity contribution < 1.29 is 13.5 Å². The molecule has 1 aliphatic heterocycles. The summed E-state index contributed by atoms with van der Waals surface area (Å²) in [6.07, 6.45) is -0.498. The first-order valence-corrected chi connectivity index (χ1v) is 4.03. The van der Waals surface area contributed by atoms with Crippen LogP contribution >= 0.6 is 0 Å². The number of hydrogen-bond donors (Lipinski definition) is 0. The molecule has 0 aromatic heterocycles. The topological polar surface area (TPSA) is 12.5 Å². The van der Waals surface area contributed by atoms with E-state index in [2.05, 4.69) is 0 Å². The molecular formula is C8H13F2NO. The highest BCUT2D eigenvalue weighted by Crippen LogP contribution is 2.05. The van der Waals surface area contributed by atoms with Crippen molar-refractivity contribution in [1.29, 1.82) is 0 Å². The van der Waals surface area contributed by atoms with Crippen molar-refractivity contribution in [3.05, 3.63) is 12.2 Å². The van der Waals surface area contributed by atoms with Crippen LogP contribution in [0.1, 0.15) is 6.92 Å². The van der Waals surface area contributed by atoms with Gasteiger partial charge in [-0.3, -0.25) is 4.90 Å². The van der Waals surface area contributed by atoms with E-state index in [-0.39, 0.29) is 6.10 Å². The lowest BCUT2D eigenvalue weighted by Crippen LogP contribution is -2.41. The number of ether oxygens (including phenoxy) is 1. The van der Waals surface area contributed by atoms with E-state index >= 15 is 0 Å². The van der Waals surface area contributed by atoms with Gasteiger partial charge in [0.1, 0.15) is 0 Å². The van der Waals surface area contributed by atoms with E-state index in [0.717, 1.165) is 19.2 Å². The first kappa shape index (κ1) is 9.61. The molecule has 1 aliphatic rings. The second-order valence-corrected chi connectivity index (χ2v) is 2.93. The highest BCUT2D eigenvalue weighted by molar-refractivity contribution is 4.85. The molecule has 0 bridgehead atoms. The van der Waals surface area contributed by atoms with Gasteiger partial charge in [-0.25, -0.2) is 0 Å². The molecule has 0 N–H and O–H groups in total. The summed E-state index contributed by atoms with van der Waals surface area (Å²) in [5.41, 5.74) is 0. The highest BCUT2D eigenvalue weighted by atomic mass is 19.3. The summed E-state index contributed by atoms with van der Waals surface area (Å²) in [6, 6.07) is 0. The summed E-state index contributed by atoms with van der Waals surface area (Å²) in [4.78, 5) is 1.95. The third kappa shape index (κ3) is 3.28. The number of rotatable bonds is 2. The monoisotopic (exact) mass is 177 g/mol. The summed E-state index contributed by atoms with van der Waals surface area (Å²) < 4.78 is 28.6. The zero-order chi connectivity index (χ0) is 8.97. The van der Waals surface area contributed by atoms with Crippen molar-refractivity contribution in [3.8, 4) is 0 Å². The van der Waals surface area contributed by atoms with Crippen LogP contribution in [-0.4, -0.2) is 37.2 Å². The molecule has 12 heavy (non-hydrogen) atoms. The zero-order valence-corrected chi connectivity index (χ0v) is 7.09. The molecule has 0 amide bonds. The van der Waals surface area contributed by atoms with Gasteiger partial charge in [0.2, 0.25) is 0 Å². The van der Waals surface area contributed by atoms with Gasteiger partial charge in [-0.1, -0.05) is 0 Å². The lowest BCUT2D eigenvalue weighted by molar-refractivity contribution is -0.0142. The van der Waals surface area contributed by atoms with Gasteiger partial charge in [-0.15, -0.1) is 0 Å². The Bertz CT molecular complexity index is 168. The Labute approximate surface area is 70.8 Å². The molecule has 1 heterocycles. The third-order valence-electron chi connectivity index (χ3n) is 1.83. The third-order valence-corrected chi connectivity index (χ3v) is 1.83. The fourth-order valence-electron chi connectivity index (χ4n) is 1.25. The van der Waals surface area contributed by atoms with Gasteiger partial charge in [-0.2, -0.15) is 8.78 Å². The first-order valence-electron chi connectivity index (χ1n) is 4.03. The zero-order valence-electron chi connectivity index (χ0n) is 7.09. The van der Waals surface area contributed by atoms with Crippen LogP contribution in [0.25, 0.3) is 0 Å². The van der Waals surface area contributed by atoms with Gasteiger partial charge in [0.25, 0.3) is 6.08 Å². The van der Waals surface area contributed by atoms with Crippen LogP contribution in [0.4, 0.5) is 8.78 Å². The van der Waals surface area contributed by atoms with Gasteiger partial charge in [0.05, 0.1) is 12.7 Å². The van der Waals surface area contributed by atoms with Crippen molar-refractivity contribution in [2.75, 3.05) is 26.2 Å². The van der Waals surface area contributed by atoms with Crippen LogP contribution < -0.4 is 0 Å². The van der Waals surface area contributed by atoms with Crippen molar-refractivity contribution in [2.24, 2.45) is 0 Å². The molecule has 1 rings (SSSR count). The minimum absolute atomic E-state index is 0.162. The predicted octanol–water partition coefficient (Wildman–Crippen LogP) is 1.49. The highest BCUT2D eigenvalue weighted by Gasteiger charge is 2.15. The molecule has 0 spiro atoms. The summed E-state index contributed by atoms with van der Waals surface area (Å²) in [7, 11) is 0. The van der Waals surface area contributed by atoms with Crippen LogP contribution in [0.5, 0.6) is 0 Å². The van der Waals surface area contributed by atoms with Gasteiger partial charge in [0, 0.05) is 19.6 Å². The molecule has 1 saturated heterocycles. The average molecular weight is 177 g/mol. The smallest absolute Gasteiger partial charge is 0.267 e. The van der Waals surface area contributed by atoms with E-state index < -0.39 is 6.08 Å². The molecule has 0 aromatic rings. The Kier molecular flexibility index (Phi) is 3.62. The molecule has 0 saturated carbocycles. The summed E-state index contributed by atoms with van der Waals surface area (Å²) in [6.45, 7) is 4.40. The van der Waals surface area contributed by atoms with Gasteiger partial charge in [0.15, 0.2) is 0 Å². The van der Waals surface area contributed by atoms with E-state index in [1.54, 1.807) is 0 Å². The fourth-order valence-corrected chi connectivity index (χ4v) is 1.25. The number of morpholine rings is 1. The molecule has 0 radical (unpaired) electrons. The van der Waals surface area contributed by atoms with Crippen molar-refractivity contribution >= 4 is 0 Å². The van der Waals surface area contributed by atoms with E-state index in [1.165, 1.54) is 0 Å². The lowest BCUT2D eigenvalue weighted by Gasteiger charge is -2.29. The Morgan fingerprint density at radius 3 is 3.00 bits per heavy atom. The number of halogens is 2. The van der Waals surface area contributed by atoms with Gasteiger partial charge < -0.3 is 4.74 Å². The normalized spacial score (nSPS) is 25.4. The van der Waals surface area contributed by atoms with Crippen LogP contribution in [0.2, 0.25) is 0 Å². The molecule has 4 heteroatoms. The predicted molar refractivity (Wildman–Crippen MR) is 42.2 cm³/mol. The minimum atomic E-state index is -1.60. The van der Waals surface area contributed by atoms with E-state index in [1.807, 2.05) is 11.8 Å². The largest absolute Gasteiger partial charge is 0.376 e. The Hall–Kier alpha value is -0.480. The molecule has 2 nitrogen and oxygen atoms in total. The fraction of sp³-hybridized carbons (Fsp3) is 0.750. The van der Waals surface area contributed by atoms with Crippen molar-refractivity contribution in [1.82, 2.24) is 4.90 Å². The number of nitrogens with zero attached hydrogens (tertiary/aromatic N) is 1. The van der Waals surface area contributed by atoms with Crippen LogP contribution in [-0.2, 0) is 4.74 Å². The van der Waals surface area contributed by atoms with E-state index in [0.29, 0.717) is 13.2 Å². The lowest BCUT2D eigenvalue weighted by atomic mass is 10.3. The second kappa shape index (κ2) is 4.52. The standard InChI is InChI=1S/C8H13F2NO/c1-7-6-11(4-5-12-7)3-2-8(9)10/h2,7H,3-6H2,1H3. The molecule has 1 fully saturated rings. The van der Waals surface area contributed by atoms with Crippen LogP contribution in [0, 0.1) is 0 Å². The van der Waals surface area contributed by atoms with E-state index in [4.69, 9.17) is 4.74 Å². The Balaban J connectivity index is 2.27.